The molecule has 0 unspecified atom stereocenters. The first kappa shape index (κ1) is 15.8. The molecule has 0 aliphatic carbocycles. The zero-order chi connectivity index (χ0) is 16.1. The first-order valence-corrected chi connectivity index (χ1v) is 6.99. The predicted molar refractivity (Wildman–Crippen MR) is 82.6 cm³/mol. The minimum atomic E-state index is -0.526. The zero-order valence-corrected chi connectivity index (χ0v) is 12.9. The Hall–Kier alpha value is -2.63. The van der Waals surface area contributed by atoms with Gasteiger partial charge in [-0.3, -0.25) is 0 Å². The molecular weight excluding hydrogens is 282 g/mol. The highest BCUT2D eigenvalue weighted by molar-refractivity contribution is 5.93. The number of esters is 1. The van der Waals surface area contributed by atoms with E-state index in [-0.39, 0.29) is 24.6 Å². The molecule has 0 amide bonds. The summed E-state index contributed by atoms with van der Waals surface area (Å²) in [5.41, 5.74) is 8.14. The van der Waals surface area contributed by atoms with Crippen molar-refractivity contribution in [3.8, 4) is 5.75 Å². The van der Waals surface area contributed by atoms with Gasteiger partial charge in [-0.05, 0) is 32.4 Å². The standard InChI is InChI=1S/C16H19N3O3/c1-4-21-16(20)12-8-18-14(19-15(12)17)9-22-13-6-5-10(2)7-11(13)3/h5-8H,4,9H2,1-3H3,(H2,17,18,19). The van der Waals surface area contributed by atoms with E-state index in [0.29, 0.717) is 5.82 Å². The highest BCUT2D eigenvalue weighted by Gasteiger charge is 2.13. The minimum absolute atomic E-state index is 0.0904. The number of carbonyl (C=O) groups is 1. The Labute approximate surface area is 129 Å². The molecule has 0 atom stereocenters. The monoisotopic (exact) mass is 301 g/mol. The van der Waals surface area contributed by atoms with Crippen molar-refractivity contribution in [2.45, 2.75) is 27.4 Å². The topological polar surface area (TPSA) is 87.3 Å². The summed E-state index contributed by atoms with van der Waals surface area (Å²) in [6.45, 7) is 6.17. The first-order valence-electron chi connectivity index (χ1n) is 6.99. The molecule has 0 spiro atoms. The van der Waals surface area contributed by atoms with Crippen molar-refractivity contribution in [3.05, 3.63) is 46.9 Å². The molecule has 1 heterocycles. The average Bonchev–Trinajstić information content (AvgIpc) is 2.46. The van der Waals surface area contributed by atoms with Gasteiger partial charge in [0, 0.05) is 6.20 Å². The third kappa shape index (κ3) is 3.72. The van der Waals surface area contributed by atoms with Crippen molar-refractivity contribution < 1.29 is 14.3 Å². The Morgan fingerprint density at radius 2 is 2.09 bits per heavy atom. The van der Waals surface area contributed by atoms with Gasteiger partial charge in [-0.15, -0.1) is 0 Å². The number of ether oxygens (including phenoxy) is 2. The smallest absolute Gasteiger partial charge is 0.343 e. The van der Waals surface area contributed by atoms with Crippen molar-refractivity contribution in [1.82, 2.24) is 9.97 Å². The Bertz CT molecular complexity index is 686. The Kier molecular flexibility index (Phi) is 4.93. The number of nitrogen functional groups attached to an aromatic ring is 1. The van der Waals surface area contributed by atoms with E-state index in [4.69, 9.17) is 15.2 Å². The van der Waals surface area contributed by atoms with Crippen molar-refractivity contribution in [1.29, 1.82) is 0 Å². The molecule has 0 saturated carbocycles. The minimum Gasteiger partial charge on any atom is -0.485 e. The van der Waals surface area contributed by atoms with Crippen LogP contribution in [0.5, 0.6) is 5.75 Å². The van der Waals surface area contributed by atoms with Gasteiger partial charge in [-0.1, -0.05) is 17.7 Å². The molecule has 0 radical (unpaired) electrons. The van der Waals surface area contributed by atoms with Gasteiger partial charge in [0.2, 0.25) is 0 Å². The third-order valence-electron chi connectivity index (χ3n) is 3.05. The van der Waals surface area contributed by atoms with E-state index in [1.807, 2.05) is 32.0 Å². The fourth-order valence-corrected chi connectivity index (χ4v) is 1.97. The summed E-state index contributed by atoms with van der Waals surface area (Å²) in [6, 6.07) is 5.91. The molecule has 1 aromatic carbocycles. The van der Waals surface area contributed by atoms with Gasteiger partial charge < -0.3 is 15.2 Å². The van der Waals surface area contributed by atoms with Crippen LogP contribution < -0.4 is 10.5 Å². The summed E-state index contributed by atoms with van der Waals surface area (Å²) in [6.07, 6.45) is 1.36. The van der Waals surface area contributed by atoms with Crippen molar-refractivity contribution >= 4 is 11.8 Å². The van der Waals surface area contributed by atoms with Crippen LogP contribution in [0, 0.1) is 13.8 Å². The van der Waals surface area contributed by atoms with Gasteiger partial charge in [0.25, 0.3) is 0 Å². The summed E-state index contributed by atoms with van der Waals surface area (Å²) >= 11 is 0. The number of hydrogen-bond donors (Lipinski definition) is 1. The van der Waals surface area contributed by atoms with Crippen LogP contribution in [0.3, 0.4) is 0 Å². The lowest BCUT2D eigenvalue weighted by Crippen LogP contribution is -2.12. The summed E-state index contributed by atoms with van der Waals surface area (Å²) < 4.78 is 10.6. The summed E-state index contributed by atoms with van der Waals surface area (Å²) in [5.74, 6) is 0.738. The second-order valence-corrected chi connectivity index (χ2v) is 4.86. The van der Waals surface area contributed by atoms with Crippen LogP contribution in [0.4, 0.5) is 5.82 Å². The van der Waals surface area contributed by atoms with E-state index >= 15 is 0 Å². The molecule has 2 aromatic rings. The number of hydrogen-bond acceptors (Lipinski definition) is 6. The van der Waals surface area contributed by atoms with Crippen molar-refractivity contribution in [3.63, 3.8) is 0 Å². The van der Waals surface area contributed by atoms with Gasteiger partial charge >= 0.3 is 5.97 Å². The van der Waals surface area contributed by atoms with Gasteiger partial charge in [0.15, 0.2) is 5.82 Å². The summed E-state index contributed by atoms with van der Waals surface area (Å²) in [4.78, 5) is 19.8. The molecule has 0 fully saturated rings. The SMILES string of the molecule is CCOC(=O)c1cnc(COc2ccc(C)cc2C)nc1N. The number of aryl methyl sites for hydroxylation is 2. The quantitative estimate of drug-likeness (QED) is 0.853. The Morgan fingerprint density at radius 1 is 1.32 bits per heavy atom. The fraction of sp³-hybridized carbons (Fsp3) is 0.312. The third-order valence-corrected chi connectivity index (χ3v) is 3.05. The molecule has 116 valence electrons. The van der Waals surface area contributed by atoms with Crippen LogP contribution in [0.15, 0.2) is 24.4 Å². The molecule has 0 aliphatic rings. The highest BCUT2D eigenvalue weighted by Crippen LogP contribution is 2.19. The Balaban J connectivity index is 2.08. The number of aromatic nitrogens is 2. The van der Waals surface area contributed by atoms with Gasteiger partial charge in [-0.25, -0.2) is 14.8 Å². The van der Waals surface area contributed by atoms with Crippen LogP contribution in [0.2, 0.25) is 0 Å². The van der Waals surface area contributed by atoms with E-state index in [1.165, 1.54) is 11.8 Å². The molecule has 1 aromatic heterocycles. The average molecular weight is 301 g/mol. The molecule has 2 N–H and O–H groups in total. The van der Waals surface area contributed by atoms with Crippen LogP contribution in [0.1, 0.15) is 34.2 Å². The number of rotatable bonds is 5. The lowest BCUT2D eigenvalue weighted by molar-refractivity contribution is 0.0526. The predicted octanol–water partition coefficient (Wildman–Crippen LogP) is 2.43. The Morgan fingerprint density at radius 3 is 2.73 bits per heavy atom. The van der Waals surface area contributed by atoms with E-state index in [9.17, 15) is 4.79 Å². The van der Waals surface area contributed by atoms with Crippen molar-refractivity contribution in [2.24, 2.45) is 0 Å². The van der Waals surface area contributed by atoms with E-state index in [1.54, 1.807) is 6.92 Å². The zero-order valence-electron chi connectivity index (χ0n) is 12.9. The maximum Gasteiger partial charge on any atom is 0.343 e. The molecular formula is C16H19N3O3. The number of nitrogens with zero attached hydrogens (tertiary/aromatic N) is 2. The molecule has 0 saturated heterocycles. The van der Waals surface area contributed by atoms with E-state index in [2.05, 4.69) is 9.97 Å². The molecule has 0 aliphatic heterocycles. The molecule has 2 rings (SSSR count). The van der Waals surface area contributed by atoms with E-state index in [0.717, 1.165) is 11.3 Å². The fourth-order valence-electron chi connectivity index (χ4n) is 1.97. The number of carbonyl (C=O) groups excluding carboxylic acids is 1. The lowest BCUT2D eigenvalue weighted by atomic mass is 10.1. The van der Waals surface area contributed by atoms with Crippen LogP contribution >= 0.6 is 0 Å². The maximum absolute atomic E-state index is 11.6. The van der Waals surface area contributed by atoms with Crippen LogP contribution in [-0.2, 0) is 11.3 Å². The number of nitrogens with two attached hydrogens (primary N) is 1. The molecule has 22 heavy (non-hydrogen) atoms. The maximum atomic E-state index is 11.6. The lowest BCUT2D eigenvalue weighted by Gasteiger charge is -2.10. The number of benzene rings is 1. The summed E-state index contributed by atoms with van der Waals surface area (Å²) in [7, 11) is 0. The van der Waals surface area contributed by atoms with Gasteiger partial charge in [-0.2, -0.15) is 0 Å². The van der Waals surface area contributed by atoms with Gasteiger partial charge in [0.1, 0.15) is 23.7 Å². The first-order chi connectivity index (χ1) is 10.5. The second kappa shape index (κ2) is 6.89. The number of anilines is 1. The summed E-state index contributed by atoms with van der Waals surface area (Å²) in [5, 5.41) is 0. The van der Waals surface area contributed by atoms with Crippen molar-refractivity contribution in [2.75, 3.05) is 12.3 Å². The normalized spacial score (nSPS) is 10.3. The van der Waals surface area contributed by atoms with Crippen LogP contribution in [-0.4, -0.2) is 22.5 Å². The molecule has 0 bridgehead atoms. The van der Waals surface area contributed by atoms with Gasteiger partial charge in [0.05, 0.1) is 6.61 Å². The van der Waals surface area contributed by atoms with E-state index < -0.39 is 5.97 Å². The van der Waals surface area contributed by atoms with Crippen LogP contribution in [0.25, 0.3) is 0 Å². The highest BCUT2D eigenvalue weighted by atomic mass is 16.5. The molecule has 6 heteroatoms. The largest absolute Gasteiger partial charge is 0.485 e. The molecule has 6 nitrogen and oxygen atoms in total. The second-order valence-electron chi connectivity index (χ2n) is 4.86.